The third kappa shape index (κ3) is 4.32. The number of aromatic nitrogens is 1. The van der Waals surface area contributed by atoms with E-state index in [1.807, 2.05) is 13.8 Å². The fourth-order valence-corrected chi connectivity index (χ4v) is 1.93. The molecular formula is C16H18N2O6. The number of ether oxygens (including phenoxy) is 2. The van der Waals surface area contributed by atoms with Crippen molar-refractivity contribution in [2.75, 3.05) is 12.4 Å². The van der Waals surface area contributed by atoms with Gasteiger partial charge in [0.25, 0.3) is 5.91 Å². The van der Waals surface area contributed by atoms with Crippen LogP contribution in [-0.2, 0) is 11.3 Å². The number of rotatable bonds is 7. The average molecular weight is 334 g/mol. The summed E-state index contributed by atoms with van der Waals surface area (Å²) in [6.45, 7) is 3.84. The Morgan fingerprint density at radius 1 is 1.33 bits per heavy atom. The summed E-state index contributed by atoms with van der Waals surface area (Å²) in [6, 6.07) is 5.68. The molecule has 0 atom stereocenters. The molecule has 1 amide bonds. The van der Waals surface area contributed by atoms with Crippen molar-refractivity contribution in [2.24, 2.45) is 0 Å². The topological polar surface area (TPSA) is 111 Å². The number of amides is 1. The van der Waals surface area contributed by atoms with Crippen LogP contribution in [-0.4, -0.2) is 35.4 Å². The number of methoxy groups -OCH3 is 1. The summed E-state index contributed by atoms with van der Waals surface area (Å²) in [5, 5.41) is 15.3. The van der Waals surface area contributed by atoms with E-state index in [4.69, 9.17) is 19.1 Å². The summed E-state index contributed by atoms with van der Waals surface area (Å²) in [5.41, 5.74) is 0.324. The van der Waals surface area contributed by atoms with Gasteiger partial charge in [-0.1, -0.05) is 5.16 Å². The fourth-order valence-electron chi connectivity index (χ4n) is 1.93. The van der Waals surface area contributed by atoms with Crippen LogP contribution in [0.1, 0.15) is 40.5 Å². The normalized spacial score (nSPS) is 10.7. The van der Waals surface area contributed by atoms with E-state index in [0.29, 0.717) is 11.5 Å². The van der Waals surface area contributed by atoms with Crippen LogP contribution >= 0.6 is 0 Å². The number of aromatic carboxylic acids is 1. The number of carbonyl (C=O) groups is 2. The molecule has 0 radical (unpaired) electrons. The summed E-state index contributed by atoms with van der Waals surface area (Å²) in [5.74, 6) is -0.882. The Kier molecular flexibility index (Phi) is 5.54. The highest BCUT2D eigenvalue weighted by molar-refractivity contribution is 6.04. The van der Waals surface area contributed by atoms with Crippen LogP contribution in [0.5, 0.6) is 5.75 Å². The van der Waals surface area contributed by atoms with Crippen molar-refractivity contribution in [3.05, 3.63) is 41.3 Å². The number of anilines is 1. The minimum atomic E-state index is -1.11. The lowest BCUT2D eigenvalue weighted by atomic mass is 10.1. The van der Waals surface area contributed by atoms with Gasteiger partial charge in [0.15, 0.2) is 11.5 Å². The van der Waals surface area contributed by atoms with Gasteiger partial charge in [0.2, 0.25) is 0 Å². The average Bonchev–Trinajstić information content (AvgIpc) is 2.97. The van der Waals surface area contributed by atoms with Gasteiger partial charge >= 0.3 is 5.97 Å². The lowest BCUT2D eigenvalue weighted by Crippen LogP contribution is -2.15. The number of benzene rings is 1. The molecule has 2 aromatic rings. The fraction of sp³-hybridized carbons (Fsp3) is 0.312. The van der Waals surface area contributed by atoms with Gasteiger partial charge in [-0.3, -0.25) is 4.79 Å². The van der Waals surface area contributed by atoms with E-state index >= 15 is 0 Å². The number of nitrogens with one attached hydrogen (secondary N) is 1. The first-order valence-electron chi connectivity index (χ1n) is 7.20. The number of hydrogen-bond donors (Lipinski definition) is 2. The van der Waals surface area contributed by atoms with Crippen LogP contribution < -0.4 is 10.1 Å². The number of hydrogen-bond acceptors (Lipinski definition) is 6. The second kappa shape index (κ2) is 7.60. The Balaban J connectivity index is 2.26. The van der Waals surface area contributed by atoms with Crippen molar-refractivity contribution in [1.82, 2.24) is 5.16 Å². The summed E-state index contributed by atoms with van der Waals surface area (Å²) < 4.78 is 15.4. The molecule has 0 aliphatic heterocycles. The maximum Gasteiger partial charge on any atom is 0.335 e. The van der Waals surface area contributed by atoms with Gasteiger partial charge < -0.3 is 24.4 Å². The Hall–Kier alpha value is -2.87. The quantitative estimate of drug-likeness (QED) is 0.800. The molecule has 8 nitrogen and oxygen atoms in total. The summed E-state index contributed by atoms with van der Waals surface area (Å²) in [7, 11) is 1.50. The van der Waals surface area contributed by atoms with E-state index in [-0.39, 0.29) is 29.7 Å². The molecule has 128 valence electrons. The number of carboxylic acid groups (broad SMARTS) is 1. The Morgan fingerprint density at radius 2 is 2.08 bits per heavy atom. The van der Waals surface area contributed by atoms with Crippen molar-refractivity contribution in [1.29, 1.82) is 0 Å². The van der Waals surface area contributed by atoms with E-state index in [1.165, 1.54) is 31.4 Å². The van der Waals surface area contributed by atoms with E-state index in [2.05, 4.69) is 10.5 Å². The lowest BCUT2D eigenvalue weighted by molar-refractivity contribution is 0.0696. The molecule has 0 aliphatic carbocycles. The number of nitrogens with zero attached hydrogens (tertiary/aromatic N) is 1. The van der Waals surface area contributed by atoms with E-state index in [0.717, 1.165) is 0 Å². The molecule has 0 spiro atoms. The zero-order valence-corrected chi connectivity index (χ0v) is 13.5. The van der Waals surface area contributed by atoms with Crippen LogP contribution in [0.3, 0.4) is 0 Å². The van der Waals surface area contributed by atoms with Crippen LogP contribution in [0.25, 0.3) is 0 Å². The Morgan fingerprint density at radius 3 is 2.71 bits per heavy atom. The maximum atomic E-state index is 12.3. The molecule has 1 aromatic heterocycles. The first kappa shape index (κ1) is 17.5. The first-order valence-corrected chi connectivity index (χ1v) is 7.20. The zero-order chi connectivity index (χ0) is 17.7. The molecule has 0 unspecified atom stereocenters. The van der Waals surface area contributed by atoms with Crippen molar-refractivity contribution in [3.63, 3.8) is 0 Å². The molecule has 0 fully saturated rings. The third-order valence-electron chi connectivity index (χ3n) is 2.92. The second-order valence-electron chi connectivity index (χ2n) is 5.25. The molecule has 2 N–H and O–H groups in total. The Bertz CT molecular complexity index is 738. The third-order valence-corrected chi connectivity index (χ3v) is 2.92. The highest BCUT2D eigenvalue weighted by atomic mass is 16.5. The summed E-state index contributed by atoms with van der Waals surface area (Å²) in [4.78, 5) is 23.4. The molecule has 1 heterocycles. The molecule has 0 saturated heterocycles. The van der Waals surface area contributed by atoms with Gasteiger partial charge in [-0.25, -0.2) is 4.79 Å². The van der Waals surface area contributed by atoms with E-state index in [9.17, 15) is 9.59 Å². The molecule has 2 rings (SSSR count). The summed E-state index contributed by atoms with van der Waals surface area (Å²) in [6.07, 6.45) is -0.142. The van der Waals surface area contributed by atoms with Gasteiger partial charge in [-0.15, -0.1) is 0 Å². The van der Waals surface area contributed by atoms with Gasteiger partial charge in [0.1, 0.15) is 12.4 Å². The van der Waals surface area contributed by atoms with E-state index < -0.39 is 11.9 Å². The molecule has 24 heavy (non-hydrogen) atoms. The smallest absolute Gasteiger partial charge is 0.335 e. The van der Waals surface area contributed by atoms with Crippen molar-refractivity contribution >= 4 is 17.6 Å². The van der Waals surface area contributed by atoms with Crippen molar-refractivity contribution in [2.45, 2.75) is 26.6 Å². The number of carbonyl (C=O) groups excluding carboxylic acids is 1. The monoisotopic (exact) mass is 334 g/mol. The molecule has 0 bridgehead atoms. The largest absolute Gasteiger partial charge is 0.489 e. The summed E-state index contributed by atoms with van der Waals surface area (Å²) >= 11 is 0. The highest BCUT2D eigenvalue weighted by Crippen LogP contribution is 2.27. The van der Waals surface area contributed by atoms with Gasteiger partial charge in [0.05, 0.1) is 17.4 Å². The minimum absolute atomic E-state index is 0.0293. The maximum absolute atomic E-state index is 12.3. The SMILES string of the molecule is COCc1cc(C(=O)Nc2cc(C(=O)O)ccc2OC(C)C)no1. The zero-order valence-electron chi connectivity index (χ0n) is 13.5. The first-order chi connectivity index (χ1) is 11.4. The lowest BCUT2D eigenvalue weighted by Gasteiger charge is -2.15. The van der Waals surface area contributed by atoms with Crippen molar-refractivity contribution in [3.8, 4) is 5.75 Å². The van der Waals surface area contributed by atoms with Crippen LogP contribution in [0.2, 0.25) is 0 Å². The number of carboxylic acids is 1. The van der Waals surface area contributed by atoms with Crippen LogP contribution in [0, 0.1) is 0 Å². The predicted molar refractivity (Wildman–Crippen MR) is 84.3 cm³/mol. The Labute approximate surface area is 138 Å². The molecular weight excluding hydrogens is 316 g/mol. The predicted octanol–water partition coefficient (Wildman–Crippen LogP) is 2.56. The van der Waals surface area contributed by atoms with Crippen LogP contribution in [0.4, 0.5) is 5.69 Å². The second-order valence-corrected chi connectivity index (χ2v) is 5.25. The standard InChI is InChI=1S/C16H18N2O6/c1-9(2)23-14-5-4-10(16(20)21)6-12(14)17-15(19)13-7-11(8-22-3)24-18-13/h4-7,9H,8H2,1-3H3,(H,17,19)(H,20,21). The molecule has 8 heteroatoms. The molecule has 0 saturated carbocycles. The van der Waals surface area contributed by atoms with E-state index in [1.54, 1.807) is 0 Å². The van der Waals surface area contributed by atoms with Gasteiger partial charge in [-0.2, -0.15) is 0 Å². The van der Waals surface area contributed by atoms with Gasteiger partial charge in [-0.05, 0) is 32.0 Å². The highest BCUT2D eigenvalue weighted by Gasteiger charge is 2.17. The van der Waals surface area contributed by atoms with Crippen molar-refractivity contribution < 1.29 is 28.7 Å². The molecule has 1 aromatic carbocycles. The van der Waals surface area contributed by atoms with Crippen LogP contribution in [0.15, 0.2) is 28.8 Å². The van der Waals surface area contributed by atoms with Gasteiger partial charge in [0, 0.05) is 13.2 Å². The minimum Gasteiger partial charge on any atom is -0.489 e. The molecule has 0 aliphatic rings.